The summed E-state index contributed by atoms with van der Waals surface area (Å²) in [6.45, 7) is 4.42. The predicted molar refractivity (Wildman–Crippen MR) is 74.8 cm³/mol. The molecule has 0 aromatic carbocycles. The maximum atomic E-state index is 6.52. The predicted octanol–water partition coefficient (Wildman–Crippen LogP) is 3.63. The van der Waals surface area contributed by atoms with Crippen molar-refractivity contribution in [2.75, 3.05) is 13.3 Å². The maximum Gasteiger partial charge on any atom is 0.0996 e. The highest BCUT2D eigenvalue weighted by atomic mass is 35.5. The third-order valence-electron chi connectivity index (χ3n) is 5.24. The van der Waals surface area contributed by atoms with Crippen LogP contribution >= 0.6 is 11.6 Å². The first-order valence-electron chi connectivity index (χ1n) is 7.74. The van der Waals surface area contributed by atoms with E-state index in [0.717, 1.165) is 18.7 Å². The topological polar surface area (TPSA) is 12.5 Å². The molecule has 18 heavy (non-hydrogen) atoms. The summed E-state index contributed by atoms with van der Waals surface area (Å²) in [5, 5.41) is 0.340. The summed E-state index contributed by atoms with van der Waals surface area (Å²) in [7, 11) is 0. The van der Waals surface area contributed by atoms with E-state index >= 15 is 0 Å². The molecule has 3 heteroatoms. The molecule has 0 spiro atoms. The Kier molecular flexibility index (Phi) is 4.17. The normalized spacial score (nSPS) is 46.7. The highest BCUT2D eigenvalue weighted by Gasteiger charge is 2.39. The fourth-order valence-electron chi connectivity index (χ4n) is 4.12. The van der Waals surface area contributed by atoms with Gasteiger partial charge in [-0.1, -0.05) is 19.8 Å². The molecule has 0 bridgehead atoms. The average molecular weight is 272 g/mol. The quantitative estimate of drug-likeness (QED) is 0.676. The molecular weight excluding hydrogens is 246 g/mol. The first-order chi connectivity index (χ1) is 8.74. The van der Waals surface area contributed by atoms with Crippen LogP contribution in [-0.4, -0.2) is 35.7 Å². The molecule has 3 fully saturated rings. The molecule has 2 nitrogen and oxygen atoms in total. The second kappa shape index (κ2) is 5.68. The summed E-state index contributed by atoms with van der Waals surface area (Å²) in [4.78, 5) is 2.58. The smallest absolute Gasteiger partial charge is 0.0996 e. The van der Waals surface area contributed by atoms with Crippen LogP contribution in [0.15, 0.2) is 0 Å². The zero-order valence-corrected chi connectivity index (χ0v) is 12.2. The highest BCUT2D eigenvalue weighted by Crippen LogP contribution is 2.37. The number of alkyl halides is 1. The van der Waals surface area contributed by atoms with Gasteiger partial charge in [-0.05, 0) is 38.0 Å². The van der Waals surface area contributed by atoms with E-state index in [0.29, 0.717) is 17.4 Å². The van der Waals surface area contributed by atoms with Crippen LogP contribution < -0.4 is 0 Å². The molecule has 3 rings (SSSR count). The minimum Gasteiger partial charge on any atom is -0.362 e. The van der Waals surface area contributed by atoms with Gasteiger partial charge < -0.3 is 4.74 Å². The third-order valence-corrected chi connectivity index (χ3v) is 5.78. The summed E-state index contributed by atoms with van der Waals surface area (Å²) in [5.74, 6) is 1.46. The van der Waals surface area contributed by atoms with Crippen molar-refractivity contribution < 1.29 is 4.74 Å². The summed E-state index contributed by atoms with van der Waals surface area (Å²) < 4.78 is 6.09. The zero-order valence-electron chi connectivity index (χ0n) is 11.5. The van der Waals surface area contributed by atoms with Gasteiger partial charge in [-0.3, -0.25) is 4.90 Å². The molecule has 2 saturated carbocycles. The Morgan fingerprint density at radius 1 is 1.11 bits per heavy atom. The summed E-state index contributed by atoms with van der Waals surface area (Å²) >= 11 is 6.52. The van der Waals surface area contributed by atoms with Gasteiger partial charge in [0.05, 0.1) is 12.8 Å². The van der Waals surface area contributed by atoms with Crippen molar-refractivity contribution in [2.24, 2.45) is 11.8 Å². The fraction of sp³-hybridized carbons (Fsp3) is 1.00. The fourth-order valence-corrected chi connectivity index (χ4v) is 4.51. The summed E-state index contributed by atoms with van der Waals surface area (Å²) in [5.41, 5.74) is 0. The van der Waals surface area contributed by atoms with Crippen LogP contribution in [0.1, 0.15) is 51.9 Å². The molecule has 0 amide bonds. The van der Waals surface area contributed by atoms with Gasteiger partial charge in [0.15, 0.2) is 0 Å². The van der Waals surface area contributed by atoms with E-state index in [1.54, 1.807) is 0 Å². The lowest BCUT2D eigenvalue weighted by Crippen LogP contribution is -2.53. The minimum atomic E-state index is 0.340. The number of hydrogen-bond donors (Lipinski definition) is 0. The van der Waals surface area contributed by atoms with E-state index in [2.05, 4.69) is 11.8 Å². The zero-order chi connectivity index (χ0) is 12.5. The first kappa shape index (κ1) is 13.2. The van der Waals surface area contributed by atoms with Gasteiger partial charge in [-0.25, -0.2) is 0 Å². The minimum absolute atomic E-state index is 0.340. The molecule has 0 radical (unpaired) electrons. The second-order valence-electron chi connectivity index (χ2n) is 6.64. The van der Waals surface area contributed by atoms with Gasteiger partial charge in [0.1, 0.15) is 0 Å². The van der Waals surface area contributed by atoms with Gasteiger partial charge in [0, 0.05) is 23.9 Å². The number of hydrogen-bond acceptors (Lipinski definition) is 2. The number of rotatable bonds is 1. The van der Waals surface area contributed by atoms with Crippen LogP contribution in [-0.2, 0) is 4.74 Å². The van der Waals surface area contributed by atoms with E-state index < -0.39 is 0 Å². The van der Waals surface area contributed by atoms with Crippen molar-refractivity contribution >= 4 is 11.6 Å². The van der Waals surface area contributed by atoms with Crippen molar-refractivity contribution in [1.29, 1.82) is 0 Å². The number of halogens is 1. The molecule has 0 aromatic rings. The van der Waals surface area contributed by atoms with Crippen LogP contribution in [0.4, 0.5) is 0 Å². The van der Waals surface area contributed by atoms with Crippen LogP contribution in [0.3, 0.4) is 0 Å². The third kappa shape index (κ3) is 2.71. The van der Waals surface area contributed by atoms with E-state index in [1.807, 2.05) is 0 Å². The van der Waals surface area contributed by atoms with Crippen molar-refractivity contribution in [3.63, 3.8) is 0 Å². The molecule has 1 heterocycles. The lowest BCUT2D eigenvalue weighted by molar-refractivity contribution is -0.133. The van der Waals surface area contributed by atoms with E-state index in [4.69, 9.17) is 16.3 Å². The van der Waals surface area contributed by atoms with Gasteiger partial charge in [-0.2, -0.15) is 0 Å². The second-order valence-corrected chi connectivity index (χ2v) is 7.20. The lowest BCUT2D eigenvalue weighted by Gasteiger charge is -2.47. The van der Waals surface area contributed by atoms with Gasteiger partial charge in [0.25, 0.3) is 0 Å². The van der Waals surface area contributed by atoms with Crippen molar-refractivity contribution in [3.05, 3.63) is 0 Å². The number of fused-ring (bicyclic) bond motifs is 1. The molecule has 1 aliphatic heterocycles. The van der Waals surface area contributed by atoms with E-state index in [9.17, 15) is 0 Å². The van der Waals surface area contributed by atoms with Gasteiger partial charge in [-0.15, -0.1) is 11.6 Å². The Morgan fingerprint density at radius 3 is 2.78 bits per heavy atom. The molecule has 5 unspecified atom stereocenters. The van der Waals surface area contributed by atoms with Crippen LogP contribution in [0, 0.1) is 11.8 Å². The molecule has 0 aromatic heterocycles. The SMILES string of the molecule is CC1CCCC(N2COC3CCCC(Cl)C3C2)C1. The van der Waals surface area contributed by atoms with E-state index in [1.165, 1.54) is 51.5 Å². The molecular formula is C15H26ClNO. The lowest BCUT2D eigenvalue weighted by atomic mass is 9.82. The molecule has 0 N–H and O–H groups in total. The van der Waals surface area contributed by atoms with Crippen LogP contribution in [0.25, 0.3) is 0 Å². The molecule has 104 valence electrons. The Labute approximate surface area is 116 Å². The molecule has 5 atom stereocenters. The molecule has 3 aliphatic rings. The van der Waals surface area contributed by atoms with Crippen molar-refractivity contribution in [1.82, 2.24) is 4.90 Å². The largest absolute Gasteiger partial charge is 0.362 e. The summed E-state index contributed by atoms with van der Waals surface area (Å²) in [6.07, 6.45) is 9.61. The van der Waals surface area contributed by atoms with Gasteiger partial charge in [0.2, 0.25) is 0 Å². The van der Waals surface area contributed by atoms with Crippen molar-refractivity contribution in [3.8, 4) is 0 Å². The van der Waals surface area contributed by atoms with E-state index in [-0.39, 0.29) is 0 Å². The molecule has 1 saturated heterocycles. The van der Waals surface area contributed by atoms with Crippen LogP contribution in [0.2, 0.25) is 0 Å². The molecule has 2 aliphatic carbocycles. The average Bonchev–Trinajstić information content (AvgIpc) is 2.39. The highest BCUT2D eigenvalue weighted by molar-refractivity contribution is 6.20. The standard InChI is InChI=1S/C15H26ClNO/c1-11-4-2-5-12(8-11)17-9-13-14(16)6-3-7-15(13)18-10-17/h11-15H,2-10H2,1H3. The first-order valence-corrected chi connectivity index (χ1v) is 8.17. The Bertz CT molecular complexity index is 286. The number of ether oxygens (including phenoxy) is 1. The Hall–Kier alpha value is 0.210. The number of nitrogens with zero attached hydrogens (tertiary/aromatic N) is 1. The summed E-state index contributed by atoms with van der Waals surface area (Å²) in [6, 6.07) is 0.750. The Morgan fingerprint density at radius 2 is 1.94 bits per heavy atom. The Balaban J connectivity index is 1.61. The van der Waals surface area contributed by atoms with Gasteiger partial charge >= 0.3 is 0 Å². The monoisotopic (exact) mass is 271 g/mol. The van der Waals surface area contributed by atoms with Crippen LogP contribution in [0.5, 0.6) is 0 Å². The maximum absolute atomic E-state index is 6.52. The van der Waals surface area contributed by atoms with Crippen molar-refractivity contribution in [2.45, 2.75) is 69.4 Å².